The van der Waals surface area contributed by atoms with Gasteiger partial charge in [-0.1, -0.05) is 96.0 Å². The van der Waals surface area contributed by atoms with Gasteiger partial charge in [0, 0.05) is 29.1 Å². The molecule has 44 heavy (non-hydrogen) atoms. The van der Waals surface area contributed by atoms with Gasteiger partial charge in [0.15, 0.2) is 0 Å². The molecule has 4 aromatic rings. The van der Waals surface area contributed by atoms with E-state index >= 15 is 0 Å². The average Bonchev–Trinajstić information content (AvgIpc) is 3.00. The Balaban J connectivity index is 1.84. The first kappa shape index (κ1) is 33.1. The van der Waals surface area contributed by atoms with Crippen LogP contribution < -0.4 is 9.62 Å². The van der Waals surface area contributed by atoms with Crippen LogP contribution in [0.4, 0.5) is 5.69 Å². The summed E-state index contributed by atoms with van der Waals surface area (Å²) >= 11 is 13.0. The van der Waals surface area contributed by atoms with Crippen molar-refractivity contribution in [2.24, 2.45) is 0 Å². The third-order valence-corrected chi connectivity index (χ3v) is 9.67. The van der Waals surface area contributed by atoms with Gasteiger partial charge in [0.1, 0.15) is 12.6 Å². The van der Waals surface area contributed by atoms with Gasteiger partial charge < -0.3 is 10.2 Å². The predicted octanol–water partition coefficient (Wildman–Crippen LogP) is 6.66. The van der Waals surface area contributed by atoms with Crippen LogP contribution in [0.5, 0.6) is 0 Å². The first-order valence-electron chi connectivity index (χ1n) is 14.2. The van der Waals surface area contributed by atoms with Crippen LogP contribution in [0.1, 0.15) is 30.5 Å². The fraction of sp³-hybridized carbons (Fsp3) is 0.235. The van der Waals surface area contributed by atoms with Gasteiger partial charge in [-0.15, -0.1) is 0 Å². The number of halogens is 2. The Labute approximate surface area is 269 Å². The van der Waals surface area contributed by atoms with Crippen LogP contribution in [-0.2, 0) is 32.6 Å². The quantitative estimate of drug-likeness (QED) is 0.186. The van der Waals surface area contributed by atoms with Crippen LogP contribution in [0.2, 0.25) is 10.0 Å². The van der Waals surface area contributed by atoms with E-state index in [1.165, 1.54) is 17.0 Å². The first-order valence-corrected chi connectivity index (χ1v) is 16.4. The summed E-state index contributed by atoms with van der Waals surface area (Å²) in [6.07, 6.45) is 0.206. The second kappa shape index (κ2) is 14.8. The Morgan fingerprint density at radius 1 is 0.795 bits per heavy atom. The molecular formula is C34H35Cl2N3O4S. The molecule has 0 radical (unpaired) electrons. The number of carbonyl (C=O) groups is 2. The molecule has 1 atom stereocenters. The zero-order valence-corrected chi connectivity index (χ0v) is 27.1. The van der Waals surface area contributed by atoms with E-state index in [2.05, 4.69) is 5.32 Å². The van der Waals surface area contributed by atoms with E-state index < -0.39 is 28.5 Å². The Morgan fingerprint density at radius 2 is 1.39 bits per heavy atom. The molecule has 0 aliphatic rings. The molecule has 0 aliphatic carbocycles. The number of carbonyl (C=O) groups excluding carboxylic acids is 2. The highest BCUT2D eigenvalue weighted by Crippen LogP contribution is 2.31. The summed E-state index contributed by atoms with van der Waals surface area (Å²) < 4.78 is 29.3. The fourth-order valence-corrected chi connectivity index (χ4v) is 6.70. The van der Waals surface area contributed by atoms with Gasteiger partial charge in [-0.05, 0) is 67.8 Å². The normalized spacial score (nSPS) is 12.0. The minimum absolute atomic E-state index is 0.0169. The van der Waals surface area contributed by atoms with Crippen LogP contribution in [0, 0.1) is 6.92 Å². The summed E-state index contributed by atoms with van der Waals surface area (Å²) in [5.74, 6) is -0.940. The predicted molar refractivity (Wildman–Crippen MR) is 176 cm³/mol. The monoisotopic (exact) mass is 651 g/mol. The molecule has 0 bridgehead atoms. The lowest BCUT2D eigenvalue weighted by atomic mass is 10.0. The average molecular weight is 653 g/mol. The molecule has 0 saturated carbocycles. The highest BCUT2D eigenvalue weighted by atomic mass is 35.5. The summed E-state index contributed by atoms with van der Waals surface area (Å²) in [6, 6.07) is 28.1. The number of benzene rings is 4. The molecule has 230 valence electrons. The van der Waals surface area contributed by atoms with Crippen molar-refractivity contribution in [1.29, 1.82) is 0 Å². The third-order valence-electron chi connectivity index (χ3n) is 7.12. The number of amides is 2. The number of hydrogen-bond acceptors (Lipinski definition) is 4. The Bertz CT molecular complexity index is 1700. The van der Waals surface area contributed by atoms with E-state index in [0.29, 0.717) is 21.2 Å². The number of nitrogens with one attached hydrogen (secondary N) is 1. The SMILES string of the molecule is Cc1c(Cl)cccc1N(CC(=O)N(Cc1ccccc1Cl)[C@H](Cc1ccccc1)C(=O)NC(C)C)S(=O)(=O)c1ccccc1. The molecule has 0 spiro atoms. The van der Waals surface area contributed by atoms with Crippen molar-refractivity contribution >= 4 is 50.7 Å². The third kappa shape index (κ3) is 8.00. The van der Waals surface area contributed by atoms with Gasteiger partial charge >= 0.3 is 0 Å². The van der Waals surface area contributed by atoms with Crippen molar-refractivity contribution in [3.8, 4) is 0 Å². The van der Waals surface area contributed by atoms with Crippen LogP contribution in [0.3, 0.4) is 0 Å². The van der Waals surface area contributed by atoms with Crippen LogP contribution in [0.15, 0.2) is 108 Å². The van der Waals surface area contributed by atoms with Crippen molar-refractivity contribution in [3.05, 3.63) is 130 Å². The molecular weight excluding hydrogens is 617 g/mol. The van der Waals surface area contributed by atoms with Crippen LogP contribution in [0.25, 0.3) is 0 Å². The van der Waals surface area contributed by atoms with Gasteiger partial charge in [-0.2, -0.15) is 0 Å². The van der Waals surface area contributed by atoms with E-state index in [0.717, 1.165) is 9.87 Å². The highest BCUT2D eigenvalue weighted by Gasteiger charge is 2.35. The molecule has 4 rings (SSSR count). The Kier molecular flexibility index (Phi) is 11.1. The molecule has 0 fully saturated rings. The molecule has 0 aromatic heterocycles. The van der Waals surface area contributed by atoms with Crippen LogP contribution in [-0.4, -0.2) is 43.8 Å². The van der Waals surface area contributed by atoms with Gasteiger partial charge in [0.25, 0.3) is 10.0 Å². The van der Waals surface area contributed by atoms with Gasteiger partial charge in [0.05, 0.1) is 10.6 Å². The molecule has 0 aliphatic heterocycles. The standard InChI is InChI=1S/C34H35Cl2N3O4S/c1-24(2)37-34(41)32(21-26-13-6-4-7-14-26)38(22-27-15-10-11-18-30(27)36)33(40)23-39(31-20-12-19-29(35)25(31)3)44(42,43)28-16-8-5-9-17-28/h4-20,24,32H,21-23H2,1-3H3,(H,37,41)/t32-/m1/s1. The summed E-state index contributed by atoms with van der Waals surface area (Å²) in [5, 5.41) is 3.72. The van der Waals surface area contributed by atoms with E-state index in [-0.39, 0.29) is 35.5 Å². The Morgan fingerprint density at radius 3 is 2.02 bits per heavy atom. The van der Waals surface area contributed by atoms with Crippen molar-refractivity contribution in [1.82, 2.24) is 10.2 Å². The zero-order chi connectivity index (χ0) is 31.9. The number of hydrogen-bond donors (Lipinski definition) is 1. The van der Waals surface area contributed by atoms with E-state index in [1.807, 2.05) is 44.2 Å². The molecule has 2 amide bonds. The maximum atomic E-state index is 14.5. The molecule has 7 nitrogen and oxygen atoms in total. The number of nitrogens with zero attached hydrogens (tertiary/aromatic N) is 2. The highest BCUT2D eigenvalue weighted by molar-refractivity contribution is 7.92. The molecule has 4 aromatic carbocycles. The summed E-state index contributed by atoms with van der Waals surface area (Å²) in [5.41, 5.74) is 2.22. The summed E-state index contributed by atoms with van der Waals surface area (Å²) in [7, 11) is -4.23. The topological polar surface area (TPSA) is 86.8 Å². The molecule has 0 saturated heterocycles. The lowest BCUT2D eigenvalue weighted by molar-refractivity contribution is -0.140. The minimum atomic E-state index is -4.23. The number of sulfonamides is 1. The lowest BCUT2D eigenvalue weighted by Gasteiger charge is -2.34. The number of anilines is 1. The van der Waals surface area contributed by atoms with Crippen LogP contribution >= 0.6 is 23.2 Å². The summed E-state index contributed by atoms with van der Waals surface area (Å²) in [6.45, 7) is 4.78. The molecule has 0 unspecified atom stereocenters. The van der Waals surface area contributed by atoms with E-state index in [4.69, 9.17) is 23.2 Å². The summed E-state index contributed by atoms with van der Waals surface area (Å²) in [4.78, 5) is 29.7. The van der Waals surface area contributed by atoms with Crippen molar-refractivity contribution < 1.29 is 18.0 Å². The zero-order valence-electron chi connectivity index (χ0n) is 24.8. The van der Waals surface area contributed by atoms with Gasteiger partial charge in [0.2, 0.25) is 11.8 Å². The Hall–Kier alpha value is -3.85. The molecule has 10 heteroatoms. The fourth-order valence-electron chi connectivity index (χ4n) is 4.84. The molecule has 0 heterocycles. The smallest absolute Gasteiger partial charge is 0.264 e. The van der Waals surface area contributed by atoms with Gasteiger partial charge in [-0.3, -0.25) is 13.9 Å². The minimum Gasteiger partial charge on any atom is -0.352 e. The van der Waals surface area contributed by atoms with Crippen molar-refractivity contribution in [2.45, 2.75) is 50.7 Å². The molecule has 1 N–H and O–H groups in total. The lowest BCUT2D eigenvalue weighted by Crippen LogP contribution is -2.54. The first-order chi connectivity index (χ1) is 21.0. The maximum Gasteiger partial charge on any atom is 0.264 e. The largest absolute Gasteiger partial charge is 0.352 e. The van der Waals surface area contributed by atoms with Crippen molar-refractivity contribution in [3.63, 3.8) is 0 Å². The van der Waals surface area contributed by atoms with Gasteiger partial charge in [-0.25, -0.2) is 8.42 Å². The maximum absolute atomic E-state index is 14.5. The second-order valence-electron chi connectivity index (χ2n) is 10.7. The van der Waals surface area contributed by atoms with E-state index in [9.17, 15) is 18.0 Å². The van der Waals surface area contributed by atoms with Crippen molar-refractivity contribution in [2.75, 3.05) is 10.8 Å². The second-order valence-corrected chi connectivity index (χ2v) is 13.4. The van der Waals surface area contributed by atoms with E-state index in [1.54, 1.807) is 67.6 Å². The number of rotatable bonds is 12.